The molecule has 0 fully saturated rings. The highest BCUT2D eigenvalue weighted by Gasteiger charge is 2.00. The number of hydrazine groups is 1. The summed E-state index contributed by atoms with van der Waals surface area (Å²) in [6, 6.07) is 13.1. The molecule has 0 aliphatic carbocycles. The van der Waals surface area contributed by atoms with Gasteiger partial charge in [-0.05, 0) is 25.1 Å². The first kappa shape index (κ1) is 13.8. The monoisotopic (exact) mass is 271 g/mol. The number of hydrogen-bond donors (Lipinski definition) is 3. The van der Waals surface area contributed by atoms with Gasteiger partial charge < -0.3 is 10.1 Å². The van der Waals surface area contributed by atoms with Crippen LogP contribution in [-0.4, -0.2) is 17.6 Å². The van der Waals surface area contributed by atoms with Gasteiger partial charge >= 0.3 is 0 Å². The van der Waals surface area contributed by atoms with Crippen LogP contribution in [0.4, 0.5) is 11.4 Å². The maximum atomic E-state index is 5.46. The Morgan fingerprint density at radius 2 is 2.05 bits per heavy atom. The molecule has 2 rings (SSSR count). The summed E-state index contributed by atoms with van der Waals surface area (Å²) in [4.78, 5) is 8.50. The third-order valence-corrected chi connectivity index (χ3v) is 2.43. The number of guanidine groups is 1. The summed E-state index contributed by atoms with van der Waals surface area (Å²) >= 11 is 0. The summed E-state index contributed by atoms with van der Waals surface area (Å²) in [5, 5.41) is 3.04. The molecule has 0 aliphatic rings. The Morgan fingerprint density at radius 1 is 1.25 bits per heavy atom. The maximum absolute atomic E-state index is 5.46. The lowest BCUT2D eigenvalue weighted by Crippen LogP contribution is -2.36. The Labute approximate surface area is 117 Å². The fourth-order valence-corrected chi connectivity index (χ4v) is 1.55. The molecule has 0 saturated carbocycles. The normalized spacial score (nSPS) is 11.0. The van der Waals surface area contributed by atoms with Crippen molar-refractivity contribution in [3.8, 4) is 5.88 Å². The molecule has 20 heavy (non-hydrogen) atoms. The van der Waals surface area contributed by atoms with E-state index in [0.717, 1.165) is 11.4 Å². The lowest BCUT2D eigenvalue weighted by molar-refractivity contribution is 0.327. The van der Waals surface area contributed by atoms with E-state index in [4.69, 9.17) is 10.6 Å². The molecule has 1 aromatic carbocycles. The molecule has 0 saturated heterocycles. The summed E-state index contributed by atoms with van der Waals surface area (Å²) in [5.41, 5.74) is 4.08. The van der Waals surface area contributed by atoms with E-state index in [-0.39, 0.29) is 0 Å². The number of anilines is 1. The molecule has 0 radical (unpaired) electrons. The van der Waals surface area contributed by atoms with Crippen molar-refractivity contribution >= 4 is 17.3 Å². The number of nitrogens with zero attached hydrogens (tertiary/aromatic N) is 2. The average Bonchev–Trinajstić information content (AvgIpc) is 2.50. The molecule has 0 aliphatic heterocycles. The van der Waals surface area contributed by atoms with Crippen molar-refractivity contribution in [2.75, 3.05) is 11.9 Å². The van der Waals surface area contributed by atoms with Crippen molar-refractivity contribution in [3.63, 3.8) is 0 Å². The number of benzene rings is 1. The van der Waals surface area contributed by atoms with Gasteiger partial charge in [0, 0.05) is 6.07 Å². The predicted molar refractivity (Wildman–Crippen MR) is 79.9 cm³/mol. The first-order chi connectivity index (χ1) is 9.81. The first-order valence-electron chi connectivity index (χ1n) is 6.28. The van der Waals surface area contributed by atoms with E-state index < -0.39 is 0 Å². The van der Waals surface area contributed by atoms with Gasteiger partial charge in [0.1, 0.15) is 0 Å². The van der Waals surface area contributed by atoms with E-state index in [9.17, 15) is 0 Å². The number of pyridine rings is 1. The van der Waals surface area contributed by atoms with Gasteiger partial charge in [0.15, 0.2) is 0 Å². The molecule has 1 heterocycles. The molecule has 6 heteroatoms. The molecule has 0 unspecified atom stereocenters. The third kappa shape index (κ3) is 3.96. The quantitative estimate of drug-likeness (QED) is 0.343. The second-order valence-corrected chi connectivity index (χ2v) is 3.88. The molecule has 0 amide bonds. The highest BCUT2D eigenvalue weighted by atomic mass is 16.5. The van der Waals surface area contributed by atoms with Crippen LogP contribution in [-0.2, 0) is 0 Å². The minimum atomic E-state index is 0.433. The number of nitrogens with one attached hydrogen (secondary N) is 2. The summed E-state index contributed by atoms with van der Waals surface area (Å²) in [6.07, 6.45) is 1.66. The molecule has 0 spiro atoms. The van der Waals surface area contributed by atoms with Crippen LogP contribution in [0.15, 0.2) is 53.7 Å². The molecule has 0 bridgehead atoms. The smallest absolute Gasteiger partial charge is 0.215 e. The maximum Gasteiger partial charge on any atom is 0.215 e. The number of aliphatic imine (C=N–C) groups is 1. The van der Waals surface area contributed by atoms with Gasteiger partial charge in [-0.2, -0.15) is 0 Å². The highest BCUT2D eigenvalue weighted by molar-refractivity contribution is 5.94. The lowest BCUT2D eigenvalue weighted by Gasteiger charge is -2.09. The number of aromatic nitrogens is 1. The van der Waals surface area contributed by atoms with Crippen LogP contribution in [0, 0.1) is 0 Å². The van der Waals surface area contributed by atoms with Crippen LogP contribution >= 0.6 is 0 Å². The molecule has 1 aromatic heterocycles. The Bertz CT molecular complexity index is 554. The van der Waals surface area contributed by atoms with Gasteiger partial charge in [-0.15, -0.1) is 0 Å². The van der Waals surface area contributed by atoms with E-state index in [0.29, 0.717) is 18.4 Å². The Kier molecular flexibility index (Phi) is 4.91. The van der Waals surface area contributed by atoms with Crippen molar-refractivity contribution in [2.24, 2.45) is 10.8 Å². The van der Waals surface area contributed by atoms with Crippen molar-refractivity contribution in [1.82, 2.24) is 10.4 Å². The van der Waals surface area contributed by atoms with Gasteiger partial charge in [0.2, 0.25) is 11.8 Å². The Hall–Kier alpha value is -2.60. The van der Waals surface area contributed by atoms with Crippen molar-refractivity contribution in [1.29, 1.82) is 0 Å². The fraction of sp³-hybridized carbons (Fsp3) is 0.143. The molecule has 104 valence electrons. The number of para-hydroxylation sites is 1. The van der Waals surface area contributed by atoms with Crippen LogP contribution in [0.25, 0.3) is 0 Å². The summed E-state index contributed by atoms with van der Waals surface area (Å²) < 4.78 is 5.28. The van der Waals surface area contributed by atoms with Gasteiger partial charge in [0.25, 0.3) is 0 Å². The summed E-state index contributed by atoms with van der Waals surface area (Å²) in [5.74, 6) is 6.47. The Morgan fingerprint density at radius 3 is 2.65 bits per heavy atom. The largest absolute Gasteiger partial charge is 0.478 e. The zero-order chi connectivity index (χ0) is 14.2. The van der Waals surface area contributed by atoms with E-state index >= 15 is 0 Å². The number of nitrogens with two attached hydrogens (primary N) is 1. The van der Waals surface area contributed by atoms with Crippen LogP contribution in [0.5, 0.6) is 5.88 Å². The van der Waals surface area contributed by atoms with Crippen molar-refractivity contribution < 1.29 is 4.74 Å². The Balaban J connectivity index is 2.08. The van der Waals surface area contributed by atoms with E-state index in [2.05, 4.69) is 20.7 Å². The van der Waals surface area contributed by atoms with Crippen LogP contribution < -0.4 is 21.3 Å². The summed E-state index contributed by atoms with van der Waals surface area (Å²) in [7, 11) is 0. The molecule has 6 nitrogen and oxygen atoms in total. The molecule has 2 aromatic rings. The van der Waals surface area contributed by atoms with Crippen molar-refractivity contribution in [2.45, 2.75) is 6.92 Å². The third-order valence-electron chi connectivity index (χ3n) is 2.43. The van der Waals surface area contributed by atoms with E-state index in [1.165, 1.54) is 0 Å². The van der Waals surface area contributed by atoms with Gasteiger partial charge in [-0.3, -0.25) is 5.43 Å². The average molecular weight is 271 g/mol. The predicted octanol–water partition coefficient (Wildman–Crippen LogP) is 2.04. The molecular formula is C14H17N5O. The summed E-state index contributed by atoms with van der Waals surface area (Å²) in [6.45, 7) is 2.50. The number of hydrogen-bond acceptors (Lipinski definition) is 4. The van der Waals surface area contributed by atoms with Gasteiger partial charge in [-0.25, -0.2) is 15.8 Å². The van der Waals surface area contributed by atoms with E-state index in [1.807, 2.05) is 43.3 Å². The van der Waals surface area contributed by atoms with Crippen LogP contribution in [0.1, 0.15) is 6.92 Å². The number of rotatable bonds is 4. The van der Waals surface area contributed by atoms with E-state index in [1.54, 1.807) is 12.3 Å². The minimum Gasteiger partial charge on any atom is -0.478 e. The van der Waals surface area contributed by atoms with Crippen LogP contribution in [0.3, 0.4) is 0 Å². The number of ether oxygens (including phenoxy) is 1. The lowest BCUT2D eigenvalue weighted by atomic mass is 10.3. The molecule has 0 atom stereocenters. The first-order valence-corrected chi connectivity index (χ1v) is 6.28. The van der Waals surface area contributed by atoms with Crippen LogP contribution in [0.2, 0.25) is 0 Å². The topological polar surface area (TPSA) is 84.6 Å². The fourth-order valence-electron chi connectivity index (χ4n) is 1.55. The zero-order valence-corrected chi connectivity index (χ0v) is 11.2. The molecular weight excluding hydrogens is 254 g/mol. The highest BCUT2D eigenvalue weighted by Crippen LogP contribution is 2.13. The second kappa shape index (κ2) is 7.10. The van der Waals surface area contributed by atoms with Crippen molar-refractivity contribution in [3.05, 3.63) is 48.7 Å². The zero-order valence-electron chi connectivity index (χ0n) is 11.2. The van der Waals surface area contributed by atoms with Gasteiger partial charge in [0.05, 0.1) is 24.2 Å². The SMILES string of the molecule is CCOc1ccc(NC(=Nc2ccccc2)NN)cn1. The minimum absolute atomic E-state index is 0.433. The van der Waals surface area contributed by atoms with Gasteiger partial charge in [-0.1, -0.05) is 18.2 Å². The standard InChI is InChI=1S/C14H17N5O/c1-2-20-13-9-8-12(10-16-13)18-14(19-15)17-11-6-4-3-5-7-11/h3-10H,2,15H2,1H3,(H2,17,18,19). The molecule has 4 N–H and O–H groups in total. The second-order valence-electron chi connectivity index (χ2n) is 3.88.